The lowest BCUT2D eigenvalue weighted by atomic mass is 9.93. The zero-order valence-electron chi connectivity index (χ0n) is 17.2. The van der Waals surface area contributed by atoms with E-state index in [9.17, 15) is 5.11 Å². The molecule has 0 atom stereocenters. The van der Waals surface area contributed by atoms with Crippen LogP contribution in [0.5, 0.6) is 5.75 Å². The molecule has 1 aromatic carbocycles. The summed E-state index contributed by atoms with van der Waals surface area (Å²) in [4.78, 5) is 8.96. The summed E-state index contributed by atoms with van der Waals surface area (Å²) in [6, 6.07) is 7.93. The Morgan fingerprint density at radius 3 is 2.71 bits per heavy atom. The number of hydrogen-bond donors (Lipinski definition) is 2. The van der Waals surface area contributed by atoms with Crippen molar-refractivity contribution in [2.24, 2.45) is 0 Å². The Morgan fingerprint density at radius 1 is 1.13 bits per heavy atom. The van der Waals surface area contributed by atoms with Crippen molar-refractivity contribution < 1.29 is 9.84 Å². The fourth-order valence-electron chi connectivity index (χ4n) is 3.87. The monoisotopic (exact) mass is 420 g/mol. The zero-order valence-corrected chi connectivity index (χ0v) is 17.2. The minimum absolute atomic E-state index is 0.182. The van der Waals surface area contributed by atoms with Crippen LogP contribution in [0.15, 0.2) is 42.9 Å². The van der Waals surface area contributed by atoms with E-state index in [1.165, 1.54) is 0 Å². The molecule has 0 amide bonds. The molecule has 0 spiro atoms. The summed E-state index contributed by atoms with van der Waals surface area (Å²) in [6.45, 7) is 2.57. The number of aromatic nitrogens is 7. The van der Waals surface area contributed by atoms with Gasteiger partial charge in [-0.15, -0.1) is 5.10 Å². The molecular formula is C21H24N8O2. The lowest BCUT2D eigenvalue weighted by Crippen LogP contribution is -2.21. The molecule has 3 heterocycles. The van der Waals surface area contributed by atoms with Gasteiger partial charge >= 0.3 is 0 Å². The van der Waals surface area contributed by atoms with E-state index in [0.717, 1.165) is 42.8 Å². The van der Waals surface area contributed by atoms with E-state index in [1.54, 1.807) is 17.1 Å². The zero-order chi connectivity index (χ0) is 21.2. The van der Waals surface area contributed by atoms with Gasteiger partial charge in [0, 0.05) is 6.20 Å². The quantitative estimate of drug-likeness (QED) is 0.489. The maximum absolute atomic E-state index is 9.71. The van der Waals surface area contributed by atoms with Crippen LogP contribution in [0.2, 0.25) is 0 Å². The number of hydrogen-bond acceptors (Lipinski definition) is 8. The highest BCUT2D eigenvalue weighted by molar-refractivity contribution is 5.72. The molecule has 0 saturated heterocycles. The van der Waals surface area contributed by atoms with Crippen LogP contribution in [0, 0.1) is 0 Å². The number of anilines is 2. The molecule has 1 saturated carbocycles. The second kappa shape index (κ2) is 8.31. The first kappa shape index (κ1) is 19.4. The Morgan fingerprint density at radius 2 is 1.94 bits per heavy atom. The first-order valence-electron chi connectivity index (χ1n) is 10.5. The molecule has 5 rings (SSSR count). The van der Waals surface area contributed by atoms with Crippen LogP contribution in [0.3, 0.4) is 0 Å². The maximum atomic E-state index is 9.71. The smallest absolute Gasteiger partial charge is 0.229 e. The largest absolute Gasteiger partial charge is 0.494 e. The second-order valence-corrected chi connectivity index (χ2v) is 7.63. The van der Waals surface area contributed by atoms with Crippen LogP contribution in [-0.2, 0) is 0 Å². The van der Waals surface area contributed by atoms with Crippen molar-refractivity contribution in [1.29, 1.82) is 0 Å². The van der Waals surface area contributed by atoms with E-state index < -0.39 is 0 Å². The first-order valence-corrected chi connectivity index (χ1v) is 10.5. The fraction of sp³-hybridized carbons (Fsp3) is 0.381. The molecule has 0 radical (unpaired) electrons. The molecule has 4 aromatic rings. The molecule has 3 aromatic heterocycles. The highest BCUT2D eigenvalue weighted by Gasteiger charge is 2.21. The number of aliphatic hydroxyl groups excluding tert-OH is 1. The molecule has 0 bridgehead atoms. The van der Waals surface area contributed by atoms with Gasteiger partial charge in [-0.2, -0.15) is 14.8 Å². The molecule has 31 heavy (non-hydrogen) atoms. The number of aliphatic hydroxyl groups is 1. The SMILES string of the molecule is CCOc1ccc(-n2nnc3cnc(Nc4cnn(C5CCC(O)CC5)c4)nc32)cc1. The van der Waals surface area contributed by atoms with Gasteiger partial charge in [-0.05, 0) is 56.9 Å². The Kier molecular flexibility index (Phi) is 5.21. The van der Waals surface area contributed by atoms with Gasteiger partial charge in [0.05, 0.1) is 42.5 Å². The predicted octanol–water partition coefficient (Wildman–Crippen LogP) is 3.03. The normalized spacial score (nSPS) is 18.9. The third-order valence-corrected chi connectivity index (χ3v) is 5.48. The van der Waals surface area contributed by atoms with Gasteiger partial charge in [0.1, 0.15) is 5.75 Å². The lowest BCUT2D eigenvalue weighted by molar-refractivity contribution is 0.108. The molecule has 1 fully saturated rings. The minimum atomic E-state index is -0.182. The van der Waals surface area contributed by atoms with E-state index in [-0.39, 0.29) is 6.10 Å². The summed E-state index contributed by atoms with van der Waals surface area (Å²) in [5, 5.41) is 25.8. The number of ether oxygens (including phenoxy) is 1. The summed E-state index contributed by atoms with van der Waals surface area (Å²) >= 11 is 0. The molecule has 10 heteroatoms. The van der Waals surface area contributed by atoms with Crippen LogP contribution in [0.25, 0.3) is 16.9 Å². The Bertz CT molecular complexity index is 1160. The van der Waals surface area contributed by atoms with Gasteiger partial charge in [-0.3, -0.25) is 4.68 Å². The van der Waals surface area contributed by atoms with Crippen molar-refractivity contribution in [3.8, 4) is 11.4 Å². The number of nitrogens with one attached hydrogen (secondary N) is 1. The standard InChI is InChI=1S/C21H24N8O2/c1-2-31-18-9-5-16(6-10-18)29-20-19(26-27-29)12-22-21(25-20)24-14-11-23-28(13-14)15-3-7-17(30)8-4-15/h5-6,9-13,15,17,30H,2-4,7-8H2,1H3,(H,22,24,25). The molecule has 10 nitrogen and oxygen atoms in total. The topological polar surface area (TPSA) is 116 Å². The third-order valence-electron chi connectivity index (χ3n) is 5.48. The van der Waals surface area contributed by atoms with Gasteiger partial charge in [0.2, 0.25) is 5.95 Å². The molecular weight excluding hydrogens is 396 g/mol. The van der Waals surface area contributed by atoms with Crippen LogP contribution < -0.4 is 10.1 Å². The van der Waals surface area contributed by atoms with Crippen LogP contribution >= 0.6 is 0 Å². The second-order valence-electron chi connectivity index (χ2n) is 7.63. The van der Waals surface area contributed by atoms with Crippen molar-refractivity contribution in [3.05, 3.63) is 42.9 Å². The number of benzene rings is 1. The van der Waals surface area contributed by atoms with Crippen molar-refractivity contribution in [2.75, 3.05) is 11.9 Å². The van der Waals surface area contributed by atoms with Gasteiger partial charge in [0.15, 0.2) is 11.2 Å². The number of nitrogens with zero attached hydrogens (tertiary/aromatic N) is 7. The maximum Gasteiger partial charge on any atom is 0.229 e. The molecule has 2 N–H and O–H groups in total. The Labute approximate surface area is 178 Å². The van der Waals surface area contributed by atoms with E-state index in [4.69, 9.17) is 4.74 Å². The average Bonchev–Trinajstić information content (AvgIpc) is 3.42. The van der Waals surface area contributed by atoms with Gasteiger partial charge < -0.3 is 15.2 Å². The van der Waals surface area contributed by atoms with Crippen molar-refractivity contribution >= 4 is 22.8 Å². The number of fused-ring (bicyclic) bond motifs is 1. The van der Waals surface area contributed by atoms with Gasteiger partial charge in [-0.25, -0.2) is 4.98 Å². The van der Waals surface area contributed by atoms with Gasteiger partial charge in [0.25, 0.3) is 0 Å². The summed E-state index contributed by atoms with van der Waals surface area (Å²) in [7, 11) is 0. The highest BCUT2D eigenvalue weighted by Crippen LogP contribution is 2.29. The molecule has 1 aliphatic rings. The summed E-state index contributed by atoms with van der Waals surface area (Å²) < 4.78 is 9.13. The third kappa shape index (κ3) is 4.06. The van der Waals surface area contributed by atoms with Crippen LogP contribution in [0.1, 0.15) is 38.6 Å². The van der Waals surface area contributed by atoms with Crippen molar-refractivity contribution in [2.45, 2.75) is 44.8 Å². The van der Waals surface area contributed by atoms with Crippen molar-refractivity contribution in [3.63, 3.8) is 0 Å². The van der Waals surface area contributed by atoms with Crippen LogP contribution in [0.4, 0.5) is 11.6 Å². The summed E-state index contributed by atoms with van der Waals surface area (Å²) in [5.74, 6) is 1.25. The van der Waals surface area contributed by atoms with E-state index in [2.05, 4.69) is 30.7 Å². The number of rotatable bonds is 6. The Balaban J connectivity index is 1.36. The van der Waals surface area contributed by atoms with E-state index in [1.807, 2.05) is 42.1 Å². The van der Waals surface area contributed by atoms with Gasteiger partial charge in [-0.1, -0.05) is 5.21 Å². The molecule has 0 unspecified atom stereocenters. The lowest BCUT2D eigenvalue weighted by Gasteiger charge is -2.25. The Hall–Kier alpha value is -3.53. The molecule has 160 valence electrons. The van der Waals surface area contributed by atoms with E-state index >= 15 is 0 Å². The van der Waals surface area contributed by atoms with E-state index in [0.29, 0.717) is 29.8 Å². The minimum Gasteiger partial charge on any atom is -0.494 e. The summed E-state index contributed by atoms with van der Waals surface area (Å²) in [6.07, 6.45) is 8.67. The van der Waals surface area contributed by atoms with Crippen LogP contribution in [-0.4, -0.2) is 52.6 Å². The van der Waals surface area contributed by atoms with Crippen molar-refractivity contribution in [1.82, 2.24) is 34.7 Å². The summed E-state index contributed by atoms with van der Waals surface area (Å²) in [5.41, 5.74) is 2.86. The predicted molar refractivity (Wildman–Crippen MR) is 115 cm³/mol. The molecule has 0 aliphatic heterocycles. The highest BCUT2D eigenvalue weighted by atomic mass is 16.5. The molecule has 1 aliphatic carbocycles. The fourth-order valence-corrected chi connectivity index (χ4v) is 3.87. The first-order chi connectivity index (χ1) is 15.2. The average molecular weight is 420 g/mol.